The molecule has 2 radical (unpaired) electrons. The summed E-state index contributed by atoms with van der Waals surface area (Å²) in [6.07, 6.45) is 13.9. The van der Waals surface area contributed by atoms with E-state index in [1.54, 1.807) is 121 Å². The van der Waals surface area contributed by atoms with Gasteiger partial charge in [0.1, 0.15) is 0 Å². The number of rotatable bonds is 8. The predicted octanol–water partition coefficient (Wildman–Crippen LogP) is 3.26. The van der Waals surface area contributed by atoms with E-state index in [2.05, 4.69) is 39.9 Å². The van der Waals surface area contributed by atoms with E-state index in [1.807, 2.05) is 0 Å². The maximum atomic E-state index is 8.25. The normalized spacial score (nSPS) is 8.33. The van der Waals surface area contributed by atoms with Crippen molar-refractivity contribution in [2.75, 3.05) is 10.2 Å². The summed E-state index contributed by atoms with van der Waals surface area (Å²) in [6, 6.07) is 7.21. The molecule has 24 nitrogen and oxygen atoms in total. The van der Waals surface area contributed by atoms with Gasteiger partial charge in [-0.25, -0.2) is 39.9 Å². The van der Waals surface area contributed by atoms with E-state index >= 15 is 0 Å². The molecule has 0 N–H and O–H groups in total. The molecular formula is C18H16Cu2N12O12S4. The summed E-state index contributed by atoms with van der Waals surface area (Å²) in [5.41, 5.74) is 0. The van der Waals surface area contributed by atoms with Crippen LogP contribution < -0.4 is 0 Å². The average molecular weight is 848 g/mol. The third kappa shape index (κ3) is 43.7. The Morgan fingerprint density at radius 2 is 0.500 bits per heavy atom. The average Bonchev–Trinajstić information content (AvgIpc) is 2.99. The van der Waals surface area contributed by atoms with Gasteiger partial charge in [0.15, 0.2) is 20.6 Å². The van der Waals surface area contributed by atoms with E-state index in [-0.39, 0.29) is 34.1 Å². The van der Waals surface area contributed by atoms with Crippen LogP contribution in [-0.2, 0) is 34.1 Å². The summed E-state index contributed by atoms with van der Waals surface area (Å²) >= 11 is 6.30. The Balaban J connectivity index is -0.000000273. The van der Waals surface area contributed by atoms with E-state index in [0.717, 1.165) is 30.8 Å². The zero-order chi connectivity index (χ0) is 35.0. The van der Waals surface area contributed by atoms with Gasteiger partial charge in [0.05, 0.1) is 30.5 Å². The molecule has 0 amide bonds. The van der Waals surface area contributed by atoms with Crippen LogP contribution in [0.3, 0.4) is 0 Å². The molecule has 266 valence electrons. The molecule has 0 atom stereocenters. The summed E-state index contributed by atoms with van der Waals surface area (Å²) in [5, 5.41) is 63.7. The molecule has 0 saturated carbocycles. The van der Waals surface area contributed by atoms with Gasteiger partial charge in [-0.05, 0) is 24.3 Å². The van der Waals surface area contributed by atoms with E-state index in [1.165, 1.54) is 0 Å². The van der Waals surface area contributed by atoms with Gasteiger partial charge >= 0.3 is 34.1 Å². The number of nitrogens with zero attached hydrogens (tertiary/aromatic N) is 12. The Bertz CT molecular complexity index is 1150. The first-order valence-electron chi connectivity index (χ1n) is 10.7. The Morgan fingerprint density at radius 1 is 0.375 bits per heavy atom. The van der Waals surface area contributed by atoms with Gasteiger partial charge in [0, 0.05) is 49.6 Å². The first-order valence-corrected chi connectivity index (χ1v) is 14.6. The second kappa shape index (κ2) is 35.4. The number of hydrogen-bond acceptors (Lipinski definition) is 24. The summed E-state index contributed by atoms with van der Waals surface area (Å²) in [4.78, 5) is 65.9. The first-order chi connectivity index (χ1) is 21.8. The van der Waals surface area contributed by atoms with Gasteiger partial charge in [0.25, 0.3) is 0 Å². The third-order valence-corrected chi connectivity index (χ3v) is 6.68. The molecule has 30 heteroatoms. The van der Waals surface area contributed by atoms with Crippen molar-refractivity contribution in [2.24, 2.45) is 0 Å². The molecule has 0 bridgehead atoms. The molecule has 0 aliphatic rings. The quantitative estimate of drug-likeness (QED) is 0.0613. The van der Waals surface area contributed by atoms with Gasteiger partial charge in [-0.2, -0.15) is 0 Å². The fourth-order valence-corrected chi connectivity index (χ4v) is 4.95. The first kappa shape index (κ1) is 50.4. The van der Waals surface area contributed by atoms with Crippen LogP contribution in [0.25, 0.3) is 0 Å². The largest absolute Gasteiger partial charge is 2.00 e. The molecule has 0 aromatic carbocycles. The second-order valence-electron chi connectivity index (χ2n) is 5.83. The van der Waals surface area contributed by atoms with Crippen LogP contribution in [0.1, 0.15) is 0 Å². The van der Waals surface area contributed by atoms with Gasteiger partial charge < -0.3 is 61.3 Å². The SMILES string of the molecule is O=[N+]([O-])[O-].O=[N+]([O-])[O-].O=[N+]([O-])[O-].O=[N+]([O-])[O-].[Cu+2].[Cu+2].c1cnc(SCSc2ncccn2)nc1.c1cnc(SCSc2ncccn2)nc1. The summed E-state index contributed by atoms with van der Waals surface area (Å²) in [5.74, 6) is 0. The Morgan fingerprint density at radius 3 is 0.625 bits per heavy atom. The Hall–Kier alpha value is -4.44. The molecule has 4 aromatic heterocycles. The molecule has 48 heavy (non-hydrogen) atoms. The molecule has 4 aromatic rings. The number of hydrogen-bond donors (Lipinski definition) is 0. The van der Waals surface area contributed by atoms with Crippen molar-refractivity contribution in [3.63, 3.8) is 0 Å². The minimum absolute atomic E-state index is 0. The van der Waals surface area contributed by atoms with Crippen LogP contribution in [0.2, 0.25) is 0 Å². The van der Waals surface area contributed by atoms with Crippen molar-refractivity contribution in [3.05, 3.63) is 135 Å². The van der Waals surface area contributed by atoms with Crippen molar-refractivity contribution in [2.45, 2.75) is 20.6 Å². The minimum Gasteiger partial charge on any atom is -0.356 e. The van der Waals surface area contributed by atoms with Crippen LogP contribution in [0.15, 0.2) is 94.5 Å². The molecule has 0 unspecified atom stereocenters. The molecule has 0 aliphatic heterocycles. The van der Waals surface area contributed by atoms with Crippen molar-refractivity contribution in [3.8, 4) is 0 Å². The van der Waals surface area contributed by atoms with Gasteiger partial charge in [-0.15, -0.1) is 0 Å². The predicted molar refractivity (Wildman–Crippen MR) is 163 cm³/mol. The van der Waals surface area contributed by atoms with Crippen LogP contribution in [0, 0.1) is 61.3 Å². The molecule has 0 saturated heterocycles. The van der Waals surface area contributed by atoms with E-state index < -0.39 is 20.3 Å². The summed E-state index contributed by atoms with van der Waals surface area (Å²) in [6.45, 7) is 0. The minimum atomic E-state index is -1.75. The molecule has 4 rings (SSSR count). The Labute approximate surface area is 305 Å². The van der Waals surface area contributed by atoms with Gasteiger partial charge in [0.2, 0.25) is 0 Å². The van der Waals surface area contributed by atoms with Gasteiger partial charge in [-0.1, -0.05) is 47.0 Å². The van der Waals surface area contributed by atoms with E-state index in [4.69, 9.17) is 61.3 Å². The van der Waals surface area contributed by atoms with Crippen LogP contribution in [0.5, 0.6) is 0 Å². The monoisotopic (exact) mass is 846 g/mol. The molecule has 0 spiro atoms. The van der Waals surface area contributed by atoms with Crippen LogP contribution in [-0.4, -0.2) is 70.4 Å². The van der Waals surface area contributed by atoms with Crippen molar-refractivity contribution >= 4 is 47.0 Å². The number of thioether (sulfide) groups is 4. The maximum absolute atomic E-state index is 8.25. The fraction of sp³-hybridized carbons (Fsp3) is 0.111. The standard InChI is InChI=1S/2C9H8N4S2.2Cu.4NO3/c2*1-3-10-8(11-4-1)14-7-15-9-12-5-2-6-13-9;;;4*2-1(3)4/h2*1-6H,7H2;;;;;;/q;;2*+2;4*-1. The fourth-order valence-electron chi connectivity index (χ4n) is 1.71. The molecule has 4 heterocycles. The second-order valence-corrected chi connectivity index (χ2v) is 10.3. The van der Waals surface area contributed by atoms with Crippen molar-refractivity contribution in [1.82, 2.24) is 39.9 Å². The zero-order valence-corrected chi connectivity index (χ0v) is 28.0. The number of aromatic nitrogens is 8. The van der Waals surface area contributed by atoms with Crippen molar-refractivity contribution in [1.29, 1.82) is 0 Å². The van der Waals surface area contributed by atoms with E-state index in [0.29, 0.717) is 0 Å². The van der Waals surface area contributed by atoms with Gasteiger partial charge in [-0.3, -0.25) is 0 Å². The zero-order valence-electron chi connectivity index (χ0n) is 22.8. The summed E-state index contributed by atoms with van der Waals surface area (Å²) < 4.78 is 0. The molecule has 0 aliphatic carbocycles. The maximum Gasteiger partial charge on any atom is 2.00 e. The topological polar surface area (TPSA) is 368 Å². The summed E-state index contributed by atoms with van der Waals surface area (Å²) in [7, 11) is 0. The molecule has 0 fully saturated rings. The Kier molecular flexibility index (Phi) is 37.2. The molecular weight excluding hydrogens is 832 g/mol. The van der Waals surface area contributed by atoms with Crippen LogP contribution in [0.4, 0.5) is 0 Å². The van der Waals surface area contributed by atoms with Crippen LogP contribution >= 0.6 is 47.0 Å². The third-order valence-electron chi connectivity index (χ3n) is 2.92. The van der Waals surface area contributed by atoms with Crippen molar-refractivity contribution < 1.29 is 54.5 Å². The smallest absolute Gasteiger partial charge is 0.356 e. The van der Waals surface area contributed by atoms with E-state index in [9.17, 15) is 0 Å².